The van der Waals surface area contributed by atoms with E-state index >= 15 is 0 Å². The van der Waals surface area contributed by atoms with Crippen LogP contribution in [0.15, 0.2) is 10.1 Å². The quantitative estimate of drug-likeness (QED) is 0.292. The van der Waals surface area contributed by atoms with Gasteiger partial charge in [0, 0.05) is 11.6 Å². The van der Waals surface area contributed by atoms with Crippen molar-refractivity contribution in [2.24, 2.45) is 27.8 Å². The number of amidine groups is 1. The number of rotatable bonds is 2. The van der Waals surface area contributed by atoms with E-state index in [-0.39, 0.29) is 0 Å². The van der Waals surface area contributed by atoms with Crippen LogP contribution in [0.1, 0.15) is 34.6 Å². The van der Waals surface area contributed by atoms with Gasteiger partial charge in [0.2, 0.25) is 0 Å². The van der Waals surface area contributed by atoms with Crippen LogP contribution in [-0.2, 0) is 0 Å². The van der Waals surface area contributed by atoms with E-state index in [4.69, 9.17) is 5.84 Å². The number of hydrogen-bond donors (Lipinski definition) is 1. The van der Waals surface area contributed by atoms with Gasteiger partial charge in [-0.1, -0.05) is 27.7 Å². The summed E-state index contributed by atoms with van der Waals surface area (Å²) in [4.78, 5) is 4.34. The molecule has 3 nitrogen and oxygen atoms in total. The molecule has 0 aliphatic heterocycles. The van der Waals surface area contributed by atoms with Crippen LogP contribution in [0.5, 0.6) is 0 Å². The molecule has 0 aromatic carbocycles. The molecule has 0 aromatic heterocycles. The number of nitrogens with zero attached hydrogens (tertiary/aromatic N) is 2. The van der Waals surface area contributed by atoms with Gasteiger partial charge in [0.25, 0.3) is 0 Å². The molecular weight excluding hydrogens is 150 g/mol. The molecule has 70 valence electrons. The van der Waals surface area contributed by atoms with Crippen molar-refractivity contribution >= 4 is 11.5 Å². The molecule has 0 saturated heterocycles. The number of nitrogens with two attached hydrogens (primary N) is 1. The maximum Gasteiger partial charge on any atom is 0.150 e. The highest BCUT2D eigenvalue weighted by Gasteiger charge is 2.05. The minimum atomic E-state index is 0.295. The van der Waals surface area contributed by atoms with Crippen molar-refractivity contribution in [3.63, 3.8) is 0 Å². The van der Waals surface area contributed by atoms with Gasteiger partial charge >= 0.3 is 0 Å². The van der Waals surface area contributed by atoms with Gasteiger partial charge in [-0.15, -0.1) is 0 Å². The topological polar surface area (TPSA) is 50.7 Å². The first-order valence-electron chi connectivity index (χ1n) is 4.32. The summed E-state index contributed by atoms with van der Waals surface area (Å²) in [6.45, 7) is 10.3. The van der Waals surface area contributed by atoms with Crippen LogP contribution in [0, 0.1) is 11.8 Å². The first-order chi connectivity index (χ1) is 5.49. The Morgan fingerprint density at radius 3 is 1.83 bits per heavy atom. The van der Waals surface area contributed by atoms with E-state index in [9.17, 15) is 0 Å². The molecule has 0 radical (unpaired) electrons. The molecular formula is C9H19N3. The standard InChI is InChI=1S/C9H19N3/c1-6(2)8(5)11-9(12-10)7(3)4/h6-7H,10H2,1-5H3/b11-8?,12-9-. The number of hydrogen-bond acceptors (Lipinski definition) is 2. The average molecular weight is 169 g/mol. The second-order valence-electron chi connectivity index (χ2n) is 3.55. The van der Waals surface area contributed by atoms with Crippen LogP contribution in [0.4, 0.5) is 0 Å². The summed E-state index contributed by atoms with van der Waals surface area (Å²) in [6.07, 6.45) is 0. The van der Waals surface area contributed by atoms with Crippen molar-refractivity contribution in [2.75, 3.05) is 0 Å². The zero-order valence-corrected chi connectivity index (χ0v) is 8.63. The van der Waals surface area contributed by atoms with Crippen LogP contribution in [0.2, 0.25) is 0 Å². The highest BCUT2D eigenvalue weighted by molar-refractivity contribution is 5.98. The van der Waals surface area contributed by atoms with Gasteiger partial charge in [-0.25, -0.2) is 4.99 Å². The molecule has 0 atom stereocenters. The Kier molecular flexibility index (Phi) is 4.55. The van der Waals surface area contributed by atoms with E-state index < -0.39 is 0 Å². The van der Waals surface area contributed by atoms with E-state index in [1.54, 1.807) is 0 Å². The maximum absolute atomic E-state index is 5.20. The first kappa shape index (κ1) is 11.1. The predicted octanol–water partition coefficient (Wildman–Crippen LogP) is 2.03. The second kappa shape index (κ2) is 4.91. The summed E-state index contributed by atoms with van der Waals surface area (Å²) in [5.74, 6) is 6.68. The van der Waals surface area contributed by atoms with E-state index in [0.29, 0.717) is 11.8 Å². The molecule has 2 N–H and O–H groups in total. The van der Waals surface area contributed by atoms with E-state index in [1.807, 2.05) is 20.8 Å². The lowest BCUT2D eigenvalue weighted by Crippen LogP contribution is -2.12. The predicted molar refractivity (Wildman–Crippen MR) is 54.4 cm³/mol. The molecule has 0 aliphatic carbocycles. The molecule has 0 aliphatic rings. The van der Waals surface area contributed by atoms with Crippen LogP contribution in [-0.4, -0.2) is 11.5 Å². The highest BCUT2D eigenvalue weighted by atomic mass is 15.2. The minimum absolute atomic E-state index is 0.295. The second-order valence-corrected chi connectivity index (χ2v) is 3.55. The summed E-state index contributed by atoms with van der Waals surface area (Å²) >= 11 is 0. The molecule has 0 bridgehead atoms. The summed E-state index contributed by atoms with van der Waals surface area (Å²) < 4.78 is 0. The Balaban J connectivity index is 4.49. The molecule has 3 heteroatoms. The molecule has 0 amide bonds. The van der Waals surface area contributed by atoms with Crippen LogP contribution < -0.4 is 5.84 Å². The van der Waals surface area contributed by atoms with Gasteiger partial charge < -0.3 is 5.84 Å². The fraction of sp³-hybridized carbons (Fsp3) is 0.778. The first-order valence-corrected chi connectivity index (χ1v) is 4.32. The van der Waals surface area contributed by atoms with Gasteiger partial charge in [0.1, 0.15) is 5.84 Å². The van der Waals surface area contributed by atoms with Gasteiger partial charge in [0.05, 0.1) is 0 Å². The smallest absolute Gasteiger partial charge is 0.150 e. The fourth-order valence-electron chi connectivity index (χ4n) is 0.617. The van der Waals surface area contributed by atoms with Crippen molar-refractivity contribution in [1.82, 2.24) is 0 Å². The Hall–Kier alpha value is -0.860. The third-order valence-electron chi connectivity index (χ3n) is 1.78. The van der Waals surface area contributed by atoms with Crippen molar-refractivity contribution in [3.05, 3.63) is 0 Å². The van der Waals surface area contributed by atoms with Crippen molar-refractivity contribution < 1.29 is 0 Å². The Labute approximate surface area is 74.8 Å². The van der Waals surface area contributed by atoms with Crippen LogP contribution in [0.25, 0.3) is 0 Å². The Morgan fingerprint density at radius 1 is 1.08 bits per heavy atom. The third-order valence-corrected chi connectivity index (χ3v) is 1.78. The molecule has 0 aromatic rings. The molecule has 0 saturated carbocycles. The minimum Gasteiger partial charge on any atom is -0.322 e. The number of aliphatic imine (C=N–C) groups is 1. The molecule has 12 heavy (non-hydrogen) atoms. The Bertz CT molecular complexity index is 190. The zero-order chi connectivity index (χ0) is 9.72. The fourth-order valence-corrected chi connectivity index (χ4v) is 0.617. The largest absolute Gasteiger partial charge is 0.322 e. The third kappa shape index (κ3) is 3.51. The van der Waals surface area contributed by atoms with Gasteiger partial charge in [0.15, 0.2) is 0 Å². The maximum atomic E-state index is 5.20. The van der Waals surface area contributed by atoms with Crippen LogP contribution in [0.3, 0.4) is 0 Å². The van der Waals surface area contributed by atoms with Crippen molar-refractivity contribution in [1.29, 1.82) is 0 Å². The Morgan fingerprint density at radius 2 is 1.58 bits per heavy atom. The van der Waals surface area contributed by atoms with Crippen LogP contribution >= 0.6 is 0 Å². The summed E-state index contributed by atoms with van der Waals surface area (Å²) in [7, 11) is 0. The summed E-state index contributed by atoms with van der Waals surface area (Å²) in [5.41, 5.74) is 1.08. The van der Waals surface area contributed by atoms with Crippen molar-refractivity contribution in [3.8, 4) is 0 Å². The van der Waals surface area contributed by atoms with Crippen molar-refractivity contribution in [2.45, 2.75) is 34.6 Å². The molecule has 0 rings (SSSR count). The highest BCUT2D eigenvalue weighted by Crippen LogP contribution is 2.02. The van der Waals surface area contributed by atoms with E-state index in [0.717, 1.165) is 11.5 Å². The van der Waals surface area contributed by atoms with Gasteiger partial charge in [-0.2, -0.15) is 5.10 Å². The normalized spacial score (nSPS) is 14.6. The average Bonchev–Trinajstić information content (AvgIpc) is 1.98. The zero-order valence-electron chi connectivity index (χ0n) is 8.63. The van der Waals surface area contributed by atoms with E-state index in [1.165, 1.54) is 0 Å². The lowest BCUT2D eigenvalue weighted by atomic mass is 10.1. The lowest BCUT2D eigenvalue weighted by molar-refractivity contribution is 0.847. The monoisotopic (exact) mass is 169 g/mol. The SMILES string of the molecule is CC(=N/C(=N\N)C(C)C)C(C)C. The molecule has 0 heterocycles. The molecule has 0 spiro atoms. The molecule has 0 fully saturated rings. The van der Waals surface area contributed by atoms with Gasteiger partial charge in [-0.05, 0) is 12.8 Å². The molecule has 0 unspecified atom stereocenters. The number of hydrazone groups is 1. The summed E-state index contributed by atoms with van der Waals surface area (Å²) in [6, 6.07) is 0. The van der Waals surface area contributed by atoms with E-state index in [2.05, 4.69) is 23.9 Å². The van der Waals surface area contributed by atoms with Gasteiger partial charge in [-0.3, -0.25) is 0 Å². The summed E-state index contributed by atoms with van der Waals surface area (Å²) in [5, 5.41) is 3.64. The lowest BCUT2D eigenvalue weighted by Gasteiger charge is -2.07.